The Kier molecular flexibility index (Phi) is 3.45. The molecule has 3 aliphatic rings. The minimum atomic E-state index is 0.595. The van der Waals surface area contributed by atoms with Gasteiger partial charge in [0.15, 0.2) is 0 Å². The van der Waals surface area contributed by atoms with Gasteiger partial charge >= 0.3 is 0 Å². The highest BCUT2D eigenvalue weighted by atomic mass is 16.5. The van der Waals surface area contributed by atoms with Gasteiger partial charge in [-0.15, -0.1) is 0 Å². The van der Waals surface area contributed by atoms with Gasteiger partial charge in [0.1, 0.15) is 0 Å². The Bertz CT molecular complexity index is 250. The Morgan fingerprint density at radius 3 is 2.76 bits per heavy atom. The SMILES string of the molecule is CNCC1(CCCC2CCCO2)CC2CC2C1. The summed E-state index contributed by atoms with van der Waals surface area (Å²) in [6, 6.07) is 0. The van der Waals surface area contributed by atoms with Crippen molar-refractivity contribution in [2.24, 2.45) is 17.3 Å². The highest BCUT2D eigenvalue weighted by Gasteiger charge is 2.52. The molecule has 2 saturated carbocycles. The zero-order chi connectivity index (χ0) is 11.7. The van der Waals surface area contributed by atoms with Crippen LogP contribution in [0.2, 0.25) is 0 Å². The van der Waals surface area contributed by atoms with Crippen molar-refractivity contribution < 1.29 is 4.74 Å². The molecule has 17 heavy (non-hydrogen) atoms. The average Bonchev–Trinajstić information content (AvgIpc) is 2.77. The average molecular weight is 237 g/mol. The Hall–Kier alpha value is -0.0800. The van der Waals surface area contributed by atoms with Crippen LogP contribution in [0, 0.1) is 17.3 Å². The van der Waals surface area contributed by atoms with Crippen LogP contribution in [-0.4, -0.2) is 26.3 Å². The number of rotatable bonds is 6. The molecule has 3 rings (SSSR count). The second-order valence-electron chi connectivity index (χ2n) is 6.72. The van der Waals surface area contributed by atoms with Crippen LogP contribution in [0.5, 0.6) is 0 Å². The maximum Gasteiger partial charge on any atom is 0.0576 e. The van der Waals surface area contributed by atoms with Crippen molar-refractivity contribution in [1.82, 2.24) is 5.32 Å². The zero-order valence-electron chi connectivity index (χ0n) is 11.2. The van der Waals surface area contributed by atoms with Gasteiger partial charge in [-0.1, -0.05) is 6.42 Å². The van der Waals surface area contributed by atoms with E-state index in [4.69, 9.17) is 4.74 Å². The molecule has 98 valence electrons. The van der Waals surface area contributed by atoms with E-state index in [-0.39, 0.29) is 0 Å². The normalized spacial score (nSPS) is 43.9. The molecule has 0 amide bonds. The summed E-state index contributed by atoms with van der Waals surface area (Å²) in [5.41, 5.74) is 0.654. The Morgan fingerprint density at radius 2 is 2.12 bits per heavy atom. The smallest absolute Gasteiger partial charge is 0.0576 e. The molecule has 3 fully saturated rings. The van der Waals surface area contributed by atoms with Gasteiger partial charge < -0.3 is 10.1 Å². The second kappa shape index (κ2) is 4.89. The molecule has 3 unspecified atom stereocenters. The van der Waals surface area contributed by atoms with E-state index in [9.17, 15) is 0 Å². The Labute approximate surface area is 105 Å². The van der Waals surface area contributed by atoms with E-state index in [0.29, 0.717) is 11.5 Å². The number of hydrogen-bond donors (Lipinski definition) is 1. The van der Waals surface area contributed by atoms with Gasteiger partial charge in [0.2, 0.25) is 0 Å². The van der Waals surface area contributed by atoms with E-state index in [1.807, 2.05) is 0 Å². The van der Waals surface area contributed by atoms with Gasteiger partial charge in [0.25, 0.3) is 0 Å². The summed E-state index contributed by atoms with van der Waals surface area (Å²) in [5.74, 6) is 2.21. The van der Waals surface area contributed by atoms with E-state index in [2.05, 4.69) is 12.4 Å². The quantitative estimate of drug-likeness (QED) is 0.767. The first-order valence-electron chi connectivity index (χ1n) is 7.57. The molecule has 0 radical (unpaired) electrons. The molecule has 3 atom stereocenters. The van der Waals surface area contributed by atoms with E-state index >= 15 is 0 Å². The lowest BCUT2D eigenvalue weighted by Gasteiger charge is -2.31. The van der Waals surface area contributed by atoms with Crippen LogP contribution >= 0.6 is 0 Å². The number of fused-ring (bicyclic) bond motifs is 1. The highest BCUT2D eigenvalue weighted by Crippen LogP contribution is 2.61. The van der Waals surface area contributed by atoms with Gasteiger partial charge in [0, 0.05) is 13.2 Å². The zero-order valence-corrected chi connectivity index (χ0v) is 11.2. The molecule has 0 aromatic heterocycles. The summed E-state index contributed by atoms with van der Waals surface area (Å²) in [4.78, 5) is 0. The van der Waals surface area contributed by atoms with Crippen LogP contribution in [0.4, 0.5) is 0 Å². The molecule has 1 heterocycles. The van der Waals surface area contributed by atoms with Gasteiger partial charge in [-0.3, -0.25) is 0 Å². The fourth-order valence-electron chi connectivity index (χ4n) is 4.39. The predicted octanol–water partition coefficient (Wildman–Crippen LogP) is 2.97. The van der Waals surface area contributed by atoms with Crippen molar-refractivity contribution in [1.29, 1.82) is 0 Å². The molecular formula is C15H27NO. The van der Waals surface area contributed by atoms with Crippen molar-refractivity contribution in [3.63, 3.8) is 0 Å². The lowest BCUT2D eigenvalue weighted by molar-refractivity contribution is 0.0964. The molecule has 1 N–H and O–H groups in total. The van der Waals surface area contributed by atoms with Crippen LogP contribution in [-0.2, 0) is 4.74 Å². The third kappa shape index (κ3) is 2.68. The molecular weight excluding hydrogens is 210 g/mol. The first-order chi connectivity index (χ1) is 8.31. The Morgan fingerprint density at radius 1 is 1.29 bits per heavy atom. The molecule has 0 spiro atoms. The summed E-state index contributed by atoms with van der Waals surface area (Å²) in [7, 11) is 2.12. The molecule has 2 aliphatic carbocycles. The first-order valence-corrected chi connectivity index (χ1v) is 7.57. The standard InChI is InChI=1S/C15H27NO/c1-16-11-15(9-12-8-13(12)10-15)6-2-4-14-5-3-7-17-14/h12-14,16H,2-11H2,1H3. The molecule has 1 saturated heterocycles. The van der Waals surface area contributed by atoms with E-state index in [1.165, 1.54) is 57.9 Å². The van der Waals surface area contributed by atoms with Crippen LogP contribution in [0.15, 0.2) is 0 Å². The van der Waals surface area contributed by atoms with Crippen LogP contribution < -0.4 is 5.32 Å². The third-order valence-corrected chi connectivity index (χ3v) is 5.27. The molecule has 1 aliphatic heterocycles. The summed E-state index contributed by atoms with van der Waals surface area (Å²) in [5, 5.41) is 3.44. The van der Waals surface area contributed by atoms with E-state index in [1.54, 1.807) is 0 Å². The fraction of sp³-hybridized carbons (Fsp3) is 1.00. The lowest BCUT2D eigenvalue weighted by atomic mass is 9.78. The summed E-state index contributed by atoms with van der Waals surface area (Å²) in [6.45, 7) is 2.25. The van der Waals surface area contributed by atoms with Crippen LogP contribution in [0.25, 0.3) is 0 Å². The largest absolute Gasteiger partial charge is 0.378 e. The minimum absolute atomic E-state index is 0.595. The summed E-state index contributed by atoms with van der Waals surface area (Å²) < 4.78 is 5.72. The minimum Gasteiger partial charge on any atom is -0.378 e. The molecule has 0 aromatic rings. The van der Waals surface area contributed by atoms with Crippen LogP contribution in [0.1, 0.15) is 51.4 Å². The molecule has 0 bridgehead atoms. The summed E-state index contributed by atoms with van der Waals surface area (Å²) in [6.07, 6.45) is 11.9. The van der Waals surface area contributed by atoms with Gasteiger partial charge in [0.05, 0.1) is 6.10 Å². The molecule has 0 aromatic carbocycles. The molecule has 2 heteroatoms. The topological polar surface area (TPSA) is 21.3 Å². The van der Waals surface area contributed by atoms with Gasteiger partial charge in [-0.25, -0.2) is 0 Å². The fourth-order valence-corrected chi connectivity index (χ4v) is 4.39. The highest BCUT2D eigenvalue weighted by molar-refractivity contribution is 5.03. The van der Waals surface area contributed by atoms with Gasteiger partial charge in [-0.2, -0.15) is 0 Å². The summed E-state index contributed by atoms with van der Waals surface area (Å²) >= 11 is 0. The molecule has 2 nitrogen and oxygen atoms in total. The first kappa shape index (κ1) is 12.0. The van der Waals surface area contributed by atoms with Crippen molar-refractivity contribution in [2.75, 3.05) is 20.2 Å². The number of ether oxygens (including phenoxy) is 1. The maximum atomic E-state index is 5.72. The van der Waals surface area contributed by atoms with Gasteiger partial charge in [-0.05, 0) is 69.2 Å². The second-order valence-corrected chi connectivity index (χ2v) is 6.72. The monoisotopic (exact) mass is 237 g/mol. The van der Waals surface area contributed by atoms with Crippen molar-refractivity contribution in [3.05, 3.63) is 0 Å². The maximum absolute atomic E-state index is 5.72. The van der Waals surface area contributed by atoms with E-state index < -0.39 is 0 Å². The van der Waals surface area contributed by atoms with Crippen molar-refractivity contribution in [3.8, 4) is 0 Å². The van der Waals surface area contributed by atoms with Crippen molar-refractivity contribution in [2.45, 2.75) is 57.5 Å². The predicted molar refractivity (Wildman–Crippen MR) is 70.0 cm³/mol. The van der Waals surface area contributed by atoms with E-state index in [0.717, 1.165) is 18.4 Å². The number of nitrogens with one attached hydrogen (secondary N) is 1. The van der Waals surface area contributed by atoms with Crippen molar-refractivity contribution >= 4 is 0 Å². The van der Waals surface area contributed by atoms with Crippen LogP contribution in [0.3, 0.4) is 0 Å². The Balaban J connectivity index is 1.44. The third-order valence-electron chi connectivity index (χ3n) is 5.27. The number of hydrogen-bond acceptors (Lipinski definition) is 2. The lowest BCUT2D eigenvalue weighted by Crippen LogP contribution is -2.31.